The average molecular weight is 364 g/mol. The van der Waals surface area contributed by atoms with E-state index in [0.29, 0.717) is 18.4 Å². The third-order valence-electron chi connectivity index (χ3n) is 4.57. The summed E-state index contributed by atoms with van der Waals surface area (Å²) in [5.74, 6) is -2.01. The third kappa shape index (κ3) is 3.74. The number of rotatable bonds is 6. The number of alkyl halides is 2. The molecule has 0 bridgehead atoms. The molecule has 1 aromatic rings. The molecule has 8 heteroatoms. The monoisotopic (exact) mass is 364 g/mol. The fourth-order valence-corrected chi connectivity index (χ4v) is 3.28. The summed E-state index contributed by atoms with van der Waals surface area (Å²) in [5, 5.41) is 2.54. The number of allylic oxidation sites excluding steroid dienone is 2. The molecule has 2 unspecified atom stereocenters. The first kappa shape index (κ1) is 18.0. The van der Waals surface area contributed by atoms with Gasteiger partial charge in [-0.05, 0) is 18.9 Å². The molecule has 1 aliphatic heterocycles. The Bertz CT molecular complexity index is 724. The maximum absolute atomic E-state index is 12.4. The van der Waals surface area contributed by atoms with Crippen LogP contribution in [0.4, 0.5) is 8.78 Å². The van der Waals surface area contributed by atoms with Gasteiger partial charge in [-0.15, -0.1) is 0 Å². The molecular formula is C18H18F2N2O4. The second-order valence-electron chi connectivity index (χ2n) is 6.18. The summed E-state index contributed by atoms with van der Waals surface area (Å²) in [6, 6.07) is 6.09. The van der Waals surface area contributed by atoms with Crippen LogP contribution in [0.1, 0.15) is 18.4 Å². The molecule has 0 aromatic heterocycles. The summed E-state index contributed by atoms with van der Waals surface area (Å²) in [6.07, 6.45) is 4.75. The van der Waals surface area contributed by atoms with Gasteiger partial charge in [0.05, 0.1) is 11.8 Å². The van der Waals surface area contributed by atoms with Gasteiger partial charge in [0.25, 0.3) is 0 Å². The molecule has 0 radical (unpaired) electrons. The number of carbonyl (C=O) groups excluding carboxylic acids is 3. The Morgan fingerprint density at radius 3 is 2.38 bits per heavy atom. The highest BCUT2D eigenvalue weighted by Crippen LogP contribution is 2.34. The van der Waals surface area contributed by atoms with E-state index in [1.165, 1.54) is 6.07 Å². The number of likely N-dealkylation sites (tertiary alicyclic amines) is 1. The number of imide groups is 1. The van der Waals surface area contributed by atoms with Crippen LogP contribution in [0.3, 0.4) is 0 Å². The Balaban J connectivity index is 1.58. The molecular weight excluding hydrogens is 346 g/mol. The van der Waals surface area contributed by atoms with Crippen LogP contribution in [-0.2, 0) is 20.9 Å². The van der Waals surface area contributed by atoms with E-state index < -0.39 is 12.5 Å². The molecule has 1 fully saturated rings. The molecule has 138 valence electrons. The first-order valence-electron chi connectivity index (χ1n) is 8.27. The maximum Gasteiger partial charge on any atom is 0.387 e. The fraction of sp³-hybridized carbons (Fsp3) is 0.389. The van der Waals surface area contributed by atoms with Crippen LogP contribution in [0, 0.1) is 11.8 Å². The van der Waals surface area contributed by atoms with Crippen LogP contribution in [0.25, 0.3) is 0 Å². The number of nitrogens with zero attached hydrogens (tertiary/aromatic N) is 1. The van der Waals surface area contributed by atoms with E-state index in [0.717, 1.165) is 4.90 Å². The van der Waals surface area contributed by atoms with Gasteiger partial charge in [-0.25, -0.2) is 0 Å². The number of carbonyl (C=O) groups is 3. The van der Waals surface area contributed by atoms with Crippen LogP contribution >= 0.6 is 0 Å². The normalized spacial score (nSPS) is 21.9. The molecule has 6 nitrogen and oxygen atoms in total. The first-order valence-corrected chi connectivity index (χ1v) is 8.27. The molecule has 0 saturated carbocycles. The van der Waals surface area contributed by atoms with Gasteiger partial charge in [-0.1, -0.05) is 30.4 Å². The lowest BCUT2D eigenvalue weighted by Gasteiger charge is -2.15. The summed E-state index contributed by atoms with van der Waals surface area (Å²) in [7, 11) is 0. The minimum absolute atomic E-state index is 0.0341. The van der Waals surface area contributed by atoms with Crippen molar-refractivity contribution in [2.45, 2.75) is 26.0 Å². The Morgan fingerprint density at radius 2 is 1.77 bits per heavy atom. The Morgan fingerprint density at radius 1 is 1.15 bits per heavy atom. The van der Waals surface area contributed by atoms with Crippen LogP contribution in [0.5, 0.6) is 5.75 Å². The van der Waals surface area contributed by atoms with Crippen molar-refractivity contribution in [3.8, 4) is 5.75 Å². The summed E-state index contributed by atoms with van der Waals surface area (Å²) >= 11 is 0. The highest BCUT2D eigenvalue weighted by molar-refractivity contribution is 6.07. The van der Waals surface area contributed by atoms with E-state index in [2.05, 4.69) is 10.1 Å². The van der Waals surface area contributed by atoms with Crippen molar-refractivity contribution in [1.82, 2.24) is 10.2 Å². The fourth-order valence-electron chi connectivity index (χ4n) is 3.28. The van der Waals surface area contributed by atoms with Crippen molar-refractivity contribution in [1.29, 1.82) is 0 Å². The van der Waals surface area contributed by atoms with E-state index in [-0.39, 0.29) is 42.5 Å². The van der Waals surface area contributed by atoms with E-state index in [9.17, 15) is 23.2 Å². The van der Waals surface area contributed by atoms with Crippen LogP contribution < -0.4 is 10.1 Å². The molecule has 2 aliphatic rings. The average Bonchev–Trinajstić information content (AvgIpc) is 2.86. The molecule has 1 heterocycles. The number of nitrogens with one attached hydrogen (secondary N) is 1. The van der Waals surface area contributed by atoms with Crippen molar-refractivity contribution in [2.24, 2.45) is 11.8 Å². The molecule has 2 atom stereocenters. The summed E-state index contributed by atoms with van der Waals surface area (Å²) in [5.41, 5.74) is 0.373. The minimum Gasteiger partial charge on any atom is -0.434 e. The molecule has 0 spiro atoms. The van der Waals surface area contributed by atoms with Gasteiger partial charge in [0.1, 0.15) is 12.3 Å². The summed E-state index contributed by atoms with van der Waals surface area (Å²) in [6.45, 7) is -3.39. The van der Waals surface area contributed by atoms with E-state index in [1.807, 2.05) is 12.2 Å². The number of benzene rings is 1. The Hall–Kier alpha value is -2.77. The lowest BCUT2D eigenvalue weighted by atomic mass is 9.85. The van der Waals surface area contributed by atoms with E-state index in [4.69, 9.17) is 0 Å². The van der Waals surface area contributed by atoms with Crippen molar-refractivity contribution >= 4 is 17.7 Å². The van der Waals surface area contributed by atoms with Crippen molar-refractivity contribution in [3.05, 3.63) is 42.0 Å². The zero-order valence-corrected chi connectivity index (χ0v) is 13.9. The van der Waals surface area contributed by atoms with Gasteiger partial charge in [0.15, 0.2) is 0 Å². The number of hydrogen-bond donors (Lipinski definition) is 1. The number of halogens is 2. The lowest BCUT2D eigenvalue weighted by molar-refractivity contribution is -0.143. The largest absolute Gasteiger partial charge is 0.434 e. The Kier molecular flexibility index (Phi) is 5.29. The standard InChI is InChI=1S/C18H18F2N2O4/c19-18(20)26-14-8-4-1-5-11(14)9-21-15(23)10-22-16(24)12-6-2-3-7-13(12)17(22)25/h1-5,8,12-13,18H,6-7,9-10H2,(H,21,23). The second-order valence-corrected chi connectivity index (χ2v) is 6.18. The van der Waals surface area contributed by atoms with E-state index >= 15 is 0 Å². The molecule has 3 amide bonds. The third-order valence-corrected chi connectivity index (χ3v) is 4.57. The van der Waals surface area contributed by atoms with Gasteiger partial charge < -0.3 is 10.1 Å². The molecule has 3 rings (SSSR count). The van der Waals surface area contributed by atoms with Crippen LogP contribution in [0.15, 0.2) is 36.4 Å². The quantitative estimate of drug-likeness (QED) is 0.618. The maximum atomic E-state index is 12.4. The molecule has 1 aliphatic carbocycles. The number of amides is 3. The highest BCUT2D eigenvalue weighted by atomic mass is 19.3. The van der Waals surface area contributed by atoms with Crippen molar-refractivity contribution in [3.63, 3.8) is 0 Å². The topological polar surface area (TPSA) is 75.7 Å². The zero-order chi connectivity index (χ0) is 18.7. The van der Waals surface area contributed by atoms with Crippen LogP contribution in [0.2, 0.25) is 0 Å². The first-order chi connectivity index (χ1) is 12.5. The lowest BCUT2D eigenvalue weighted by Crippen LogP contribution is -2.40. The minimum atomic E-state index is -2.97. The molecule has 1 aromatic carbocycles. The van der Waals surface area contributed by atoms with Gasteiger partial charge in [-0.2, -0.15) is 8.78 Å². The van der Waals surface area contributed by atoms with E-state index in [1.54, 1.807) is 18.2 Å². The number of fused-ring (bicyclic) bond motifs is 1. The molecule has 1 saturated heterocycles. The van der Waals surface area contributed by atoms with Crippen LogP contribution in [-0.4, -0.2) is 35.8 Å². The summed E-state index contributed by atoms with van der Waals surface area (Å²) < 4.78 is 29.2. The van der Waals surface area contributed by atoms with Crippen molar-refractivity contribution in [2.75, 3.05) is 6.54 Å². The SMILES string of the molecule is O=C(CN1C(=O)C2CC=CCC2C1=O)NCc1ccccc1OC(F)F. The van der Waals surface area contributed by atoms with Crippen molar-refractivity contribution < 1.29 is 27.9 Å². The predicted octanol–water partition coefficient (Wildman–Crippen LogP) is 1.86. The second kappa shape index (κ2) is 7.63. The van der Waals surface area contributed by atoms with Gasteiger partial charge in [-0.3, -0.25) is 19.3 Å². The number of ether oxygens (including phenoxy) is 1. The number of para-hydroxylation sites is 1. The Labute approximate surface area is 148 Å². The highest BCUT2D eigenvalue weighted by Gasteiger charge is 2.47. The zero-order valence-electron chi connectivity index (χ0n) is 13.9. The predicted molar refractivity (Wildman–Crippen MR) is 87.0 cm³/mol. The summed E-state index contributed by atoms with van der Waals surface area (Å²) in [4.78, 5) is 37.8. The smallest absolute Gasteiger partial charge is 0.387 e. The van der Waals surface area contributed by atoms with Gasteiger partial charge in [0, 0.05) is 12.1 Å². The molecule has 26 heavy (non-hydrogen) atoms. The van der Waals surface area contributed by atoms with Gasteiger partial charge >= 0.3 is 6.61 Å². The number of hydrogen-bond acceptors (Lipinski definition) is 4. The van der Waals surface area contributed by atoms with Gasteiger partial charge in [0.2, 0.25) is 17.7 Å². The molecule has 1 N–H and O–H groups in total.